The van der Waals surface area contributed by atoms with Gasteiger partial charge in [-0.3, -0.25) is 0 Å². The lowest BCUT2D eigenvalue weighted by Gasteiger charge is -2.18. The number of aromatic nitrogens is 3. The van der Waals surface area contributed by atoms with Gasteiger partial charge < -0.3 is 14.8 Å². The molecule has 0 saturated heterocycles. The van der Waals surface area contributed by atoms with Gasteiger partial charge in [0.15, 0.2) is 0 Å². The number of benzene rings is 1. The standard InChI is InChI=1S/C18H17N3O3S/c1-18(2,3)24-17(23)21-14-6-7-25-16(14)15(20-21)13-9-10-8-11(22)4-5-12(10)19-13/h4-9,19,22H,1-3H3. The van der Waals surface area contributed by atoms with Crippen molar-refractivity contribution in [1.82, 2.24) is 14.8 Å². The second-order valence-corrected chi connectivity index (χ2v) is 7.75. The Morgan fingerprint density at radius 1 is 1.28 bits per heavy atom. The van der Waals surface area contributed by atoms with Gasteiger partial charge in [0.1, 0.15) is 17.0 Å². The monoisotopic (exact) mass is 355 g/mol. The van der Waals surface area contributed by atoms with Gasteiger partial charge in [0.2, 0.25) is 0 Å². The second-order valence-electron chi connectivity index (χ2n) is 6.83. The summed E-state index contributed by atoms with van der Waals surface area (Å²) >= 11 is 1.52. The molecule has 4 rings (SSSR count). The average molecular weight is 355 g/mol. The number of aromatic amines is 1. The first-order chi connectivity index (χ1) is 11.8. The van der Waals surface area contributed by atoms with Crippen molar-refractivity contribution in [2.45, 2.75) is 26.4 Å². The molecule has 0 aliphatic heterocycles. The van der Waals surface area contributed by atoms with Crippen LogP contribution in [-0.4, -0.2) is 31.6 Å². The van der Waals surface area contributed by atoms with Crippen LogP contribution < -0.4 is 0 Å². The van der Waals surface area contributed by atoms with E-state index in [0.29, 0.717) is 5.69 Å². The summed E-state index contributed by atoms with van der Waals surface area (Å²) in [7, 11) is 0. The topological polar surface area (TPSA) is 80.1 Å². The number of carbonyl (C=O) groups is 1. The van der Waals surface area contributed by atoms with Crippen molar-refractivity contribution in [1.29, 1.82) is 0 Å². The Morgan fingerprint density at radius 2 is 2.08 bits per heavy atom. The number of rotatable bonds is 1. The lowest BCUT2D eigenvalue weighted by atomic mass is 10.2. The third-order valence-electron chi connectivity index (χ3n) is 3.71. The SMILES string of the molecule is CC(C)(C)OC(=O)n1nc(-c2cc3cc(O)ccc3[nH]2)c2sccc21. The Hall–Kier alpha value is -2.80. The maximum atomic E-state index is 12.5. The van der Waals surface area contributed by atoms with Crippen molar-refractivity contribution >= 4 is 38.5 Å². The number of nitrogens with one attached hydrogen (secondary N) is 1. The maximum Gasteiger partial charge on any atom is 0.435 e. The van der Waals surface area contributed by atoms with Crippen molar-refractivity contribution in [3.63, 3.8) is 0 Å². The molecule has 4 aromatic rings. The van der Waals surface area contributed by atoms with Crippen molar-refractivity contribution in [2.75, 3.05) is 0 Å². The fourth-order valence-corrected chi connectivity index (χ4v) is 3.58. The van der Waals surface area contributed by atoms with Crippen LogP contribution in [0, 0.1) is 0 Å². The van der Waals surface area contributed by atoms with Gasteiger partial charge in [-0.15, -0.1) is 11.3 Å². The second kappa shape index (κ2) is 5.35. The number of phenols is 1. The predicted octanol–water partition coefficient (Wildman–Crippen LogP) is 4.73. The van der Waals surface area contributed by atoms with Crippen LogP contribution >= 0.6 is 11.3 Å². The molecule has 0 unspecified atom stereocenters. The van der Waals surface area contributed by atoms with Gasteiger partial charge in [-0.05, 0) is 56.5 Å². The number of hydrogen-bond acceptors (Lipinski definition) is 5. The number of hydrogen-bond donors (Lipinski definition) is 2. The lowest BCUT2D eigenvalue weighted by Crippen LogP contribution is -2.27. The van der Waals surface area contributed by atoms with E-state index in [-0.39, 0.29) is 5.75 Å². The van der Waals surface area contributed by atoms with Gasteiger partial charge in [0, 0.05) is 10.9 Å². The molecule has 25 heavy (non-hydrogen) atoms. The molecule has 0 aliphatic rings. The zero-order chi connectivity index (χ0) is 17.8. The van der Waals surface area contributed by atoms with Crippen LogP contribution in [0.4, 0.5) is 4.79 Å². The van der Waals surface area contributed by atoms with Gasteiger partial charge in [0.25, 0.3) is 0 Å². The fraction of sp³-hybridized carbons (Fsp3) is 0.222. The van der Waals surface area contributed by atoms with Crippen molar-refractivity contribution in [3.05, 3.63) is 35.7 Å². The number of H-pyrrole nitrogens is 1. The molecule has 0 bridgehead atoms. The lowest BCUT2D eigenvalue weighted by molar-refractivity contribution is 0.0523. The Kier molecular flexibility index (Phi) is 3.36. The van der Waals surface area contributed by atoms with E-state index in [1.807, 2.05) is 44.4 Å². The third-order valence-corrected chi connectivity index (χ3v) is 4.62. The molecular weight excluding hydrogens is 338 g/mol. The first kappa shape index (κ1) is 15.7. The molecule has 0 amide bonds. The molecule has 0 saturated carbocycles. The zero-order valence-corrected chi connectivity index (χ0v) is 14.8. The maximum absolute atomic E-state index is 12.5. The highest BCUT2D eigenvalue weighted by Gasteiger charge is 2.23. The number of aromatic hydroxyl groups is 1. The molecular formula is C18H17N3O3S. The molecule has 0 spiro atoms. The van der Waals surface area contributed by atoms with E-state index in [9.17, 15) is 9.90 Å². The molecule has 7 heteroatoms. The first-order valence-corrected chi connectivity index (χ1v) is 8.71. The van der Waals surface area contributed by atoms with E-state index >= 15 is 0 Å². The molecule has 128 valence electrons. The minimum atomic E-state index is -0.593. The van der Waals surface area contributed by atoms with Crippen molar-refractivity contribution < 1.29 is 14.6 Å². The van der Waals surface area contributed by atoms with Crippen LogP contribution in [0.15, 0.2) is 35.7 Å². The Morgan fingerprint density at radius 3 is 2.84 bits per heavy atom. The number of carbonyl (C=O) groups excluding carboxylic acids is 1. The minimum Gasteiger partial charge on any atom is -0.508 e. The number of fused-ring (bicyclic) bond motifs is 2. The highest BCUT2D eigenvalue weighted by Crippen LogP contribution is 2.34. The van der Waals surface area contributed by atoms with E-state index in [1.54, 1.807) is 12.1 Å². The van der Waals surface area contributed by atoms with E-state index in [1.165, 1.54) is 16.0 Å². The summed E-state index contributed by atoms with van der Waals surface area (Å²) < 4.78 is 7.65. The van der Waals surface area contributed by atoms with Gasteiger partial charge >= 0.3 is 6.09 Å². The summed E-state index contributed by atoms with van der Waals surface area (Å²) in [6, 6.07) is 8.89. The summed E-state index contributed by atoms with van der Waals surface area (Å²) in [6.45, 7) is 5.47. The number of ether oxygens (including phenoxy) is 1. The molecule has 0 aliphatic carbocycles. The molecule has 0 fully saturated rings. The van der Waals surface area contributed by atoms with Crippen LogP contribution in [0.1, 0.15) is 20.8 Å². The van der Waals surface area contributed by atoms with Gasteiger partial charge in [-0.2, -0.15) is 9.78 Å². The Balaban J connectivity index is 1.84. The van der Waals surface area contributed by atoms with Crippen molar-refractivity contribution in [2.24, 2.45) is 0 Å². The molecule has 2 N–H and O–H groups in total. The molecule has 0 atom stereocenters. The zero-order valence-electron chi connectivity index (χ0n) is 14.0. The fourth-order valence-electron chi connectivity index (χ4n) is 2.71. The Bertz CT molecular complexity index is 1100. The van der Waals surface area contributed by atoms with Crippen LogP contribution in [0.25, 0.3) is 32.5 Å². The number of thiophene rings is 1. The van der Waals surface area contributed by atoms with Crippen molar-refractivity contribution in [3.8, 4) is 17.1 Å². The first-order valence-electron chi connectivity index (χ1n) is 7.83. The summed E-state index contributed by atoms with van der Waals surface area (Å²) in [5.41, 5.74) is 2.49. The smallest absolute Gasteiger partial charge is 0.435 e. The van der Waals surface area contributed by atoms with Crippen LogP contribution in [0.5, 0.6) is 5.75 Å². The largest absolute Gasteiger partial charge is 0.508 e. The normalized spacial score (nSPS) is 12.1. The molecule has 3 heterocycles. The van der Waals surface area contributed by atoms with Gasteiger partial charge in [-0.25, -0.2) is 4.79 Å². The van der Waals surface area contributed by atoms with Gasteiger partial charge in [-0.1, -0.05) is 0 Å². The summed E-state index contributed by atoms with van der Waals surface area (Å²) in [5.74, 6) is 0.207. The van der Waals surface area contributed by atoms with Crippen LogP contribution in [0.3, 0.4) is 0 Å². The molecule has 3 aromatic heterocycles. The van der Waals surface area contributed by atoms with E-state index in [0.717, 1.165) is 26.8 Å². The number of phenolic OH excluding ortho intramolecular Hbond substituents is 1. The quantitative estimate of drug-likeness (QED) is 0.517. The Labute approximate surface area is 147 Å². The third kappa shape index (κ3) is 2.76. The molecule has 0 radical (unpaired) electrons. The minimum absolute atomic E-state index is 0.207. The molecule has 6 nitrogen and oxygen atoms in total. The highest BCUT2D eigenvalue weighted by atomic mass is 32.1. The summed E-state index contributed by atoms with van der Waals surface area (Å²) in [5, 5.41) is 16.9. The van der Waals surface area contributed by atoms with Crippen LogP contribution in [0.2, 0.25) is 0 Å². The predicted molar refractivity (Wildman–Crippen MR) is 98.2 cm³/mol. The van der Waals surface area contributed by atoms with Gasteiger partial charge in [0.05, 0.1) is 15.9 Å². The van der Waals surface area contributed by atoms with E-state index in [2.05, 4.69) is 10.1 Å². The summed E-state index contributed by atoms with van der Waals surface area (Å²) in [4.78, 5) is 15.8. The van der Waals surface area contributed by atoms with E-state index in [4.69, 9.17) is 4.74 Å². The summed E-state index contributed by atoms with van der Waals surface area (Å²) in [6.07, 6.45) is -0.504. The molecule has 1 aromatic carbocycles. The highest BCUT2D eigenvalue weighted by molar-refractivity contribution is 7.17. The average Bonchev–Trinajstić information content (AvgIpc) is 3.17. The van der Waals surface area contributed by atoms with E-state index < -0.39 is 11.7 Å². The number of nitrogens with zero attached hydrogens (tertiary/aromatic N) is 2. The van der Waals surface area contributed by atoms with Crippen LogP contribution in [-0.2, 0) is 4.74 Å².